The zero-order valence-electron chi connectivity index (χ0n) is 8.83. The highest BCUT2D eigenvalue weighted by molar-refractivity contribution is 6.31. The summed E-state index contributed by atoms with van der Waals surface area (Å²) < 4.78 is 4.44. The Kier molecular flexibility index (Phi) is 4.31. The van der Waals surface area contributed by atoms with Crippen LogP contribution in [0.1, 0.15) is 23.2 Å². The van der Waals surface area contributed by atoms with E-state index >= 15 is 0 Å². The molecule has 0 saturated heterocycles. The van der Waals surface area contributed by atoms with Crippen LogP contribution in [-0.4, -0.2) is 18.9 Å². The summed E-state index contributed by atoms with van der Waals surface area (Å²) >= 11 is 5.75. The number of nitrogens with two attached hydrogens (primary N) is 1. The molecular weight excluding hydrogens is 230 g/mol. The molecule has 0 aliphatic heterocycles. The Morgan fingerprint density at radius 1 is 1.38 bits per heavy atom. The number of methoxy groups -OCH3 is 1. The predicted molar refractivity (Wildman–Crippen MR) is 61.4 cm³/mol. The Morgan fingerprint density at radius 2 is 2.06 bits per heavy atom. The van der Waals surface area contributed by atoms with E-state index in [9.17, 15) is 9.59 Å². The van der Waals surface area contributed by atoms with Crippen LogP contribution < -0.4 is 5.73 Å². The first kappa shape index (κ1) is 12.5. The molecule has 0 bridgehead atoms. The van der Waals surface area contributed by atoms with Crippen molar-refractivity contribution in [3.63, 3.8) is 0 Å². The second-order valence-electron chi connectivity index (χ2n) is 3.23. The number of benzene rings is 1. The van der Waals surface area contributed by atoms with Crippen LogP contribution in [0.3, 0.4) is 0 Å². The van der Waals surface area contributed by atoms with Crippen LogP contribution in [0.25, 0.3) is 0 Å². The molecule has 0 fully saturated rings. The predicted octanol–water partition coefficient (Wildman–Crippen LogP) is 2.06. The van der Waals surface area contributed by atoms with Gasteiger partial charge in [-0.15, -0.1) is 0 Å². The van der Waals surface area contributed by atoms with E-state index in [1.165, 1.54) is 13.2 Å². The fourth-order valence-corrected chi connectivity index (χ4v) is 1.39. The second-order valence-corrected chi connectivity index (χ2v) is 3.67. The quantitative estimate of drug-likeness (QED) is 0.498. The SMILES string of the molecule is COC(=O)CCC(=O)c1cc(Cl)ccc1N. The maximum Gasteiger partial charge on any atom is 0.305 e. The van der Waals surface area contributed by atoms with Gasteiger partial charge in [0.15, 0.2) is 5.78 Å². The van der Waals surface area contributed by atoms with Gasteiger partial charge in [0.2, 0.25) is 0 Å². The highest BCUT2D eigenvalue weighted by atomic mass is 35.5. The van der Waals surface area contributed by atoms with Crippen molar-refractivity contribution in [3.05, 3.63) is 28.8 Å². The van der Waals surface area contributed by atoms with Crippen molar-refractivity contribution in [3.8, 4) is 0 Å². The van der Waals surface area contributed by atoms with E-state index < -0.39 is 5.97 Å². The lowest BCUT2D eigenvalue weighted by atomic mass is 10.0. The van der Waals surface area contributed by atoms with E-state index in [-0.39, 0.29) is 18.6 Å². The number of ether oxygens (including phenoxy) is 1. The smallest absolute Gasteiger partial charge is 0.305 e. The van der Waals surface area contributed by atoms with Crippen LogP contribution in [0, 0.1) is 0 Å². The molecule has 0 aliphatic carbocycles. The highest BCUT2D eigenvalue weighted by Gasteiger charge is 2.12. The summed E-state index contributed by atoms with van der Waals surface area (Å²) in [7, 11) is 1.28. The number of nitrogen functional groups attached to an aromatic ring is 1. The first-order valence-corrected chi connectivity index (χ1v) is 5.07. The summed E-state index contributed by atoms with van der Waals surface area (Å²) in [5.41, 5.74) is 6.34. The number of anilines is 1. The highest BCUT2D eigenvalue weighted by Crippen LogP contribution is 2.19. The molecule has 0 amide bonds. The zero-order valence-corrected chi connectivity index (χ0v) is 9.58. The fourth-order valence-electron chi connectivity index (χ4n) is 1.22. The van der Waals surface area contributed by atoms with Crippen molar-refractivity contribution >= 4 is 29.0 Å². The molecule has 0 atom stereocenters. The van der Waals surface area contributed by atoms with E-state index in [1.54, 1.807) is 12.1 Å². The van der Waals surface area contributed by atoms with Crippen LogP contribution in [0.5, 0.6) is 0 Å². The lowest BCUT2D eigenvalue weighted by Gasteiger charge is -2.04. The molecule has 16 heavy (non-hydrogen) atoms. The van der Waals surface area contributed by atoms with Gasteiger partial charge in [-0.05, 0) is 18.2 Å². The molecule has 0 radical (unpaired) electrons. The lowest BCUT2D eigenvalue weighted by Crippen LogP contribution is -2.08. The van der Waals surface area contributed by atoms with Crippen molar-refractivity contribution in [1.29, 1.82) is 0 Å². The Hall–Kier alpha value is -1.55. The van der Waals surface area contributed by atoms with Gasteiger partial charge in [-0.25, -0.2) is 0 Å². The monoisotopic (exact) mass is 241 g/mol. The minimum atomic E-state index is -0.422. The number of Topliss-reactive ketones (excluding diaryl/α,β-unsaturated/α-hetero) is 1. The van der Waals surface area contributed by atoms with Crippen LogP contribution >= 0.6 is 11.6 Å². The molecular formula is C11H12ClNO3. The first-order chi connectivity index (χ1) is 7.54. The largest absolute Gasteiger partial charge is 0.469 e. The summed E-state index contributed by atoms with van der Waals surface area (Å²) in [5, 5.41) is 0.440. The van der Waals surface area contributed by atoms with Crippen molar-refractivity contribution in [1.82, 2.24) is 0 Å². The van der Waals surface area contributed by atoms with Gasteiger partial charge in [0, 0.05) is 22.7 Å². The Labute approximate surface area is 98.3 Å². The van der Waals surface area contributed by atoms with E-state index in [2.05, 4.69) is 4.74 Å². The topological polar surface area (TPSA) is 69.4 Å². The first-order valence-electron chi connectivity index (χ1n) is 4.69. The van der Waals surface area contributed by atoms with Gasteiger partial charge in [-0.1, -0.05) is 11.6 Å². The number of hydrogen-bond acceptors (Lipinski definition) is 4. The second kappa shape index (κ2) is 5.51. The van der Waals surface area contributed by atoms with Gasteiger partial charge in [-0.3, -0.25) is 9.59 Å². The maximum absolute atomic E-state index is 11.7. The Balaban J connectivity index is 2.73. The Bertz CT molecular complexity index is 418. The third-order valence-corrected chi connectivity index (χ3v) is 2.33. The lowest BCUT2D eigenvalue weighted by molar-refractivity contribution is -0.140. The normalized spacial score (nSPS) is 9.88. The molecule has 4 nitrogen and oxygen atoms in total. The van der Waals surface area contributed by atoms with Gasteiger partial charge in [0.25, 0.3) is 0 Å². The summed E-state index contributed by atoms with van der Waals surface area (Å²) in [6.07, 6.45) is 0.110. The van der Waals surface area contributed by atoms with Crippen molar-refractivity contribution < 1.29 is 14.3 Å². The molecule has 0 aliphatic rings. The number of halogens is 1. The van der Waals surface area contributed by atoms with Gasteiger partial charge in [0.1, 0.15) is 0 Å². The molecule has 1 aromatic rings. The number of ketones is 1. The van der Waals surface area contributed by atoms with Gasteiger partial charge in [0.05, 0.1) is 13.5 Å². The van der Waals surface area contributed by atoms with E-state index in [1.807, 2.05) is 0 Å². The minimum Gasteiger partial charge on any atom is -0.469 e. The van der Waals surface area contributed by atoms with Crippen molar-refractivity contribution in [2.45, 2.75) is 12.8 Å². The Morgan fingerprint density at radius 3 is 2.69 bits per heavy atom. The summed E-state index contributed by atoms with van der Waals surface area (Å²) in [5.74, 6) is -0.639. The van der Waals surface area contributed by atoms with E-state index in [4.69, 9.17) is 17.3 Å². The van der Waals surface area contributed by atoms with Crippen LogP contribution in [-0.2, 0) is 9.53 Å². The average Bonchev–Trinajstić information content (AvgIpc) is 2.28. The van der Waals surface area contributed by atoms with Crippen LogP contribution in [0.4, 0.5) is 5.69 Å². The molecule has 5 heteroatoms. The number of carbonyl (C=O) groups excluding carboxylic acids is 2. The molecule has 86 valence electrons. The fraction of sp³-hybridized carbons (Fsp3) is 0.273. The maximum atomic E-state index is 11.7. The standard InChI is InChI=1S/C11H12ClNO3/c1-16-11(15)5-4-10(14)8-6-7(12)2-3-9(8)13/h2-3,6H,4-5,13H2,1H3. The van der Waals surface area contributed by atoms with E-state index in [0.29, 0.717) is 16.3 Å². The third kappa shape index (κ3) is 3.24. The minimum absolute atomic E-state index is 0.0429. The van der Waals surface area contributed by atoms with Crippen LogP contribution in [0.2, 0.25) is 5.02 Å². The molecule has 0 saturated carbocycles. The van der Waals surface area contributed by atoms with Crippen molar-refractivity contribution in [2.24, 2.45) is 0 Å². The van der Waals surface area contributed by atoms with Crippen LogP contribution in [0.15, 0.2) is 18.2 Å². The van der Waals surface area contributed by atoms with Crippen molar-refractivity contribution in [2.75, 3.05) is 12.8 Å². The number of rotatable bonds is 4. The zero-order chi connectivity index (χ0) is 12.1. The molecule has 0 heterocycles. The summed E-state index contributed by atoms with van der Waals surface area (Å²) in [6, 6.07) is 4.66. The molecule has 1 aromatic carbocycles. The number of esters is 1. The number of carbonyl (C=O) groups is 2. The summed E-state index contributed by atoms with van der Waals surface area (Å²) in [6.45, 7) is 0. The third-order valence-electron chi connectivity index (χ3n) is 2.10. The van der Waals surface area contributed by atoms with Gasteiger partial charge >= 0.3 is 5.97 Å². The molecule has 1 rings (SSSR count). The molecule has 0 unspecified atom stereocenters. The van der Waals surface area contributed by atoms with E-state index in [0.717, 1.165) is 0 Å². The molecule has 0 aromatic heterocycles. The van der Waals surface area contributed by atoms with Gasteiger partial charge in [-0.2, -0.15) is 0 Å². The molecule has 2 N–H and O–H groups in total. The van der Waals surface area contributed by atoms with Gasteiger partial charge < -0.3 is 10.5 Å². The number of hydrogen-bond donors (Lipinski definition) is 1. The molecule has 0 spiro atoms. The average molecular weight is 242 g/mol. The summed E-state index contributed by atoms with van der Waals surface area (Å²) in [4.78, 5) is 22.6.